The molecule has 2 N–H and O–H groups in total. The smallest absolute Gasteiger partial charge is 0.224 e. The van der Waals surface area contributed by atoms with E-state index in [0.717, 1.165) is 31.9 Å². The van der Waals surface area contributed by atoms with Crippen molar-refractivity contribution in [3.05, 3.63) is 30.7 Å². The van der Waals surface area contributed by atoms with E-state index in [4.69, 9.17) is 0 Å². The largest absolute Gasteiger partial charge is 0.370 e. The van der Waals surface area contributed by atoms with Crippen LogP contribution >= 0.6 is 0 Å². The second-order valence-electron chi connectivity index (χ2n) is 3.85. The molecule has 0 aliphatic carbocycles. The van der Waals surface area contributed by atoms with Crippen LogP contribution in [0.2, 0.25) is 0 Å². The molecule has 0 unspecified atom stereocenters. The van der Waals surface area contributed by atoms with Crippen molar-refractivity contribution in [2.75, 3.05) is 23.7 Å². The highest BCUT2D eigenvalue weighted by molar-refractivity contribution is 5.39. The zero-order chi connectivity index (χ0) is 12.6. The van der Waals surface area contributed by atoms with Crippen molar-refractivity contribution in [2.45, 2.75) is 19.9 Å². The van der Waals surface area contributed by atoms with E-state index in [-0.39, 0.29) is 0 Å². The van der Waals surface area contributed by atoms with E-state index in [1.54, 1.807) is 12.4 Å². The lowest BCUT2D eigenvalue weighted by molar-refractivity contribution is 0.591. The average molecular weight is 246 g/mol. The number of nitrogens with one attached hydrogen (secondary N) is 2. The number of hydrogen-bond donors (Lipinski definition) is 2. The van der Waals surface area contributed by atoms with Gasteiger partial charge in [0.05, 0.1) is 0 Å². The van der Waals surface area contributed by atoms with Gasteiger partial charge in [0, 0.05) is 38.2 Å². The van der Waals surface area contributed by atoms with Crippen LogP contribution in [0.15, 0.2) is 30.7 Å². The molecule has 2 aromatic rings. The van der Waals surface area contributed by atoms with Crippen LogP contribution in [-0.2, 0) is 6.54 Å². The molecule has 0 atom stereocenters. The molecule has 6 heteroatoms. The Bertz CT molecular complexity index is 453. The third-order valence-corrected chi connectivity index (χ3v) is 2.42. The van der Waals surface area contributed by atoms with Gasteiger partial charge in [-0.05, 0) is 25.5 Å². The van der Waals surface area contributed by atoms with Gasteiger partial charge < -0.3 is 10.6 Å². The standard InChI is InChI=1S/C12H18N6/c1-2-13-12-15-8-5-11(17-12)14-6-3-9-18-10-4-7-16-18/h4-5,7-8,10H,2-3,6,9H2,1H3,(H2,13,14,15,17). The topological polar surface area (TPSA) is 67.7 Å². The van der Waals surface area contributed by atoms with Crippen LogP contribution in [0.5, 0.6) is 0 Å². The minimum absolute atomic E-state index is 0.662. The summed E-state index contributed by atoms with van der Waals surface area (Å²) in [6.07, 6.45) is 6.51. The van der Waals surface area contributed by atoms with E-state index in [1.807, 2.05) is 29.9 Å². The van der Waals surface area contributed by atoms with Crippen molar-refractivity contribution in [1.82, 2.24) is 19.7 Å². The Hall–Kier alpha value is -2.11. The van der Waals surface area contributed by atoms with E-state index in [2.05, 4.69) is 25.7 Å². The molecule has 0 aliphatic heterocycles. The van der Waals surface area contributed by atoms with Gasteiger partial charge >= 0.3 is 0 Å². The van der Waals surface area contributed by atoms with Gasteiger partial charge in [-0.3, -0.25) is 4.68 Å². The Morgan fingerprint density at radius 2 is 2.22 bits per heavy atom. The molecule has 0 aliphatic rings. The molecule has 0 fully saturated rings. The van der Waals surface area contributed by atoms with Crippen molar-refractivity contribution in [1.29, 1.82) is 0 Å². The predicted octanol–water partition coefficient (Wildman–Crippen LogP) is 1.61. The van der Waals surface area contributed by atoms with Crippen LogP contribution in [-0.4, -0.2) is 32.8 Å². The van der Waals surface area contributed by atoms with Crippen LogP contribution in [0.4, 0.5) is 11.8 Å². The summed E-state index contributed by atoms with van der Waals surface area (Å²) in [6.45, 7) is 4.61. The Labute approximate surface area is 106 Å². The normalized spacial score (nSPS) is 10.3. The molecule has 2 heterocycles. The summed E-state index contributed by atoms with van der Waals surface area (Å²) in [6, 6.07) is 3.80. The predicted molar refractivity (Wildman–Crippen MR) is 71.5 cm³/mol. The maximum Gasteiger partial charge on any atom is 0.224 e. The first kappa shape index (κ1) is 12.3. The van der Waals surface area contributed by atoms with E-state index >= 15 is 0 Å². The maximum atomic E-state index is 4.34. The summed E-state index contributed by atoms with van der Waals surface area (Å²) in [5, 5.41) is 10.5. The molecular formula is C12H18N6. The van der Waals surface area contributed by atoms with Crippen LogP contribution in [0.1, 0.15) is 13.3 Å². The second kappa shape index (κ2) is 6.58. The van der Waals surface area contributed by atoms with Gasteiger partial charge in [-0.2, -0.15) is 10.1 Å². The van der Waals surface area contributed by atoms with Crippen LogP contribution in [0, 0.1) is 0 Å². The second-order valence-corrected chi connectivity index (χ2v) is 3.85. The zero-order valence-electron chi connectivity index (χ0n) is 10.5. The molecular weight excluding hydrogens is 228 g/mol. The van der Waals surface area contributed by atoms with Gasteiger partial charge in [0.2, 0.25) is 5.95 Å². The molecule has 96 valence electrons. The number of aromatic nitrogens is 4. The van der Waals surface area contributed by atoms with Crippen molar-refractivity contribution in [3.63, 3.8) is 0 Å². The Kier molecular flexibility index (Phi) is 4.52. The quantitative estimate of drug-likeness (QED) is 0.726. The summed E-state index contributed by atoms with van der Waals surface area (Å²) in [7, 11) is 0. The third-order valence-electron chi connectivity index (χ3n) is 2.42. The van der Waals surface area contributed by atoms with E-state index < -0.39 is 0 Å². The lowest BCUT2D eigenvalue weighted by atomic mass is 10.4. The summed E-state index contributed by atoms with van der Waals surface area (Å²) < 4.78 is 1.92. The first-order valence-corrected chi connectivity index (χ1v) is 6.16. The van der Waals surface area contributed by atoms with Gasteiger partial charge in [0.1, 0.15) is 5.82 Å². The van der Waals surface area contributed by atoms with Crippen LogP contribution in [0.25, 0.3) is 0 Å². The van der Waals surface area contributed by atoms with Gasteiger partial charge in [-0.1, -0.05) is 0 Å². The van der Waals surface area contributed by atoms with Crippen molar-refractivity contribution >= 4 is 11.8 Å². The molecule has 18 heavy (non-hydrogen) atoms. The molecule has 0 bridgehead atoms. The monoisotopic (exact) mass is 246 g/mol. The molecule has 0 aromatic carbocycles. The van der Waals surface area contributed by atoms with E-state index in [1.165, 1.54) is 0 Å². The van der Waals surface area contributed by atoms with Crippen LogP contribution in [0.3, 0.4) is 0 Å². The first-order chi connectivity index (χ1) is 8.88. The summed E-state index contributed by atoms with van der Waals surface area (Å²) in [4.78, 5) is 8.46. The Morgan fingerprint density at radius 1 is 1.28 bits per heavy atom. The fourth-order valence-electron chi connectivity index (χ4n) is 1.59. The zero-order valence-corrected chi connectivity index (χ0v) is 10.5. The number of anilines is 2. The van der Waals surface area contributed by atoms with E-state index in [9.17, 15) is 0 Å². The lowest BCUT2D eigenvalue weighted by Gasteiger charge is -2.07. The molecule has 2 aromatic heterocycles. The number of hydrogen-bond acceptors (Lipinski definition) is 5. The Balaban J connectivity index is 1.74. The third kappa shape index (κ3) is 3.73. The fourth-order valence-corrected chi connectivity index (χ4v) is 1.59. The minimum atomic E-state index is 0.662. The molecule has 0 saturated heterocycles. The lowest BCUT2D eigenvalue weighted by Crippen LogP contribution is -2.09. The van der Waals surface area contributed by atoms with Crippen LogP contribution < -0.4 is 10.6 Å². The molecule has 0 radical (unpaired) electrons. The number of aryl methyl sites for hydroxylation is 1. The number of rotatable bonds is 7. The minimum Gasteiger partial charge on any atom is -0.370 e. The molecule has 0 amide bonds. The maximum absolute atomic E-state index is 4.34. The average Bonchev–Trinajstić information content (AvgIpc) is 2.89. The summed E-state index contributed by atoms with van der Waals surface area (Å²) in [5.74, 6) is 1.51. The molecule has 2 rings (SSSR count). The Morgan fingerprint density at radius 3 is 3.00 bits per heavy atom. The van der Waals surface area contributed by atoms with Gasteiger partial charge in [-0.15, -0.1) is 0 Å². The molecule has 0 saturated carbocycles. The summed E-state index contributed by atoms with van der Waals surface area (Å²) in [5.41, 5.74) is 0. The fraction of sp³-hybridized carbons (Fsp3) is 0.417. The summed E-state index contributed by atoms with van der Waals surface area (Å²) >= 11 is 0. The molecule has 6 nitrogen and oxygen atoms in total. The highest BCUT2D eigenvalue weighted by Crippen LogP contribution is 2.05. The van der Waals surface area contributed by atoms with E-state index in [0.29, 0.717) is 5.95 Å². The highest BCUT2D eigenvalue weighted by Gasteiger charge is 1.97. The van der Waals surface area contributed by atoms with Crippen molar-refractivity contribution in [3.8, 4) is 0 Å². The first-order valence-electron chi connectivity index (χ1n) is 6.16. The van der Waals surface area contributed by atoms with Gasteiger partial charge in [0.15, 0.2) is 0 Å². The SMILES string of the molecule is CCNc1nccc(NCCCn2cccn2)n1. The van der Waals surface area contributed by atoms with Crippen molar-refractivity contribution in [2.24, 2.45) is 0 Å². The van der Waals surface area contributed by atoms with Crippen molar-refractivity contribution < 1.29 is 0 Å². The highest BCUT2D eigenvalue weighted by atomic mass is 15.3. The van der Waals surface area contributed by atoms with Gasteiger partial charge in [0.25, 0.3) is 0 Å². The number of nitrogens with zero attached hydrogens (tertiary/aromatic N) is 4. The van der Waals surface area contributed by atoms with Gasteiger partial charge in [-0.25, -0.2) is 4.98 Å². The molecule has 0 spiro atoms.